The summed E-state index contributed by atoms with van der Waals surface area (Å²) in [6.07, 6.45) is -3.11. The van der Waals surface area contributed by atoms with Crippen LogP contribution in [-0.2, 0) is 18.9 Å². The van der Waals surface area contributed by atoms with Crippen molar-refractivity contribution in [3.8, 4) is 0 Å². The predicted molar refractivity (Wildman–Crippen MR) is 76.5 cm³/mol. The third kappa shape index (κ3) is 3.62. The first-order chi connectivity index (χ1) is 9.75. The Morgan fingerprint density at radius 2 is 1.64 bits per heavy atom. The number of rotatable bonds is 3. The van der Waals surface area contributed by atoms with Crippen molar-refractivity contribution in [3.63, 3.8) is 0 Å². The van der Waals surface area contributed by atoms with Crippen molar-refractivity contribution >= 4 is 0 Å². The molecule has 7 nitrogen and oxygen atoms in total. The normalized spacial score (nSPS) is 42.7. The van der Waals surface area contributed by atoms with E-state index < -0.39 is 35.9 Å². The van der Waals surface area contributed by atoms with E-state index in [0.717, 1.165) is 0 Å². The third-order valence-electron chi connectivity index (χ3n) is 3.61. The smallest absolute Gasteiger partial charge is 0.315 e. The van der Waals surface area contributed by atoms with Gasteiger partial charge in [-0.05, 0) is 32.6 Å². The lowest BCUT2D eigenvalue weighted by molar-refractivity contribution is -0.445. The fourth-order valence-corrected chi connectivity index (χ4v) is 2.52. The molecule has 2 heterocycles. The van der Waals surface area contributed by atoms with E-state index in [1.807, 2.05) is 41.5 Å². The van der Waals surface area contributed by atoms with E-state index in [9.17, 15) is 15.3 Å². The number of ether oxygens (including phenoxy) is 4. The van der Waals surface area contributed by atoms with Crippen LogP contribution >= 0.6 is 0 Å². The molecule has 5 unspecified atom stereocenters. The van der Waals surface area contributed by atoms with Crippen LogP contribution < -0.4 is 0 Å². The van der Waals surface area contributed by atoms with Crippen LogP contribution in [0.4, 0.5) is 0 Å². The SMILES string of the molecule is CC(C)(C)CC1OC(COC(C)(C)C)C2(O)OC(O)C1(O)O2. The Labute approximate surface area is 131 Å². The van der Waals surface area contributed by atoms with Crippen molar-refractivity contribution in [2.45, 2.75) is 83.8 Å². The summed E-state index contributed by atoms with van der Waals surface area (Å²) >= 11 is 0. The van der Waals surface area contributed by atoms with Gasteiger partial charge < -0.3 is 24.8 Å². The molecule has 2 saturated heterocycles. The lowest BCUT2D eigenvalue weighted by Gasteiger charge is -2.44. The molecule has 0 aromatic heterocycles. The van der Waals surface area contributed by atoms with Crippen molar-refractivity contribution in [2.24, 2.45) is 5.41 Å². The van der Waals surface area contributed by atoms with Crippen LogP contribution in [0.1, 0.15) is 48.0 Å². The summed E-state index contributed by atoms with van der Waals surface area (Å²) in [6.45, 7) is 11.5. The Hall–Kier alpha value is -0.280. The molecule has 130 valence electrons. The minimum atomic E-state index is -2.23. The molecule has 0 aliphatic carbocycles. The molecule has 2 rings (SSSR count). The molecule has 0 saturated carbocycles. The second kappa shape index (κ2) is 5.37. The highest BCUT2D eigenvalue weighted by Gasteiger charge is 2.68. The summed E-state index contributed by atoms with van der Waals surface area (Å²) in [4.78, 5) is 0. The number of hydrogen-bond donors (Lipinski definition) is 3. The highest BCUT2D eigenvalue weighted by Crippen LogP contribution is 2.46. The average molecular weight is 320 g/mol. The van der Waals surface area contributed by atoms with Crippen LogP contribution in [0.2, 0.25) is 0 Å². The van der Waals surface area contributed by atoms with Gasteiger partial charge in [-0.25, -0.2) is 0 Å². The van der Waals surface area contributed by atoms with Gasteiger partial charge in [0.15, 0.2) is 6.10 Å². The first-order valence-corrected chi connectivity index (χ1v) is 7.55. The van der Waals surface area contributed by atoms with Gasteiger partial charge in [-0.3, -0.25) is 9.47 Å². The molecular weight excluding hydrogens is 292 g/mol. The maximum Gasteiger partial charge on any atom is 0.315 e. The van der Waals surface area contributed by atoms with E-state index in [0.29, 0.717) is 6.42 Å². The molecule has 2 fully saturated rings. The Bertz CT molecular complexity index is 413. The summed E-state index contributed by atoms with van der Waals surface area (Å²) in [5, 5.41) is 30.8. The van der Waals surface area contributed by atoms with Gasteiger partial charge in [0.25, 0.3) is 0 Å². The van der Waals surface area contributed by atoms with Crippen LogP contribution in [-0.4, -0.2) is 57.8 Å². The standard InChI is InChI=1S/C15H28O7/c1-12(2,3)7-9-14(17)11(16)21-15(18,22-14)10(20-9)8-19-13(4,5)6/h9-11,16-18H,7-8H2,1-6H3. The van der Waals surface area contributed by atoms with Gasteiger partial charge in [0.1, 0.15) is 6.10 Å². The van der Waals surface area contributed by atoms with E-state index in [-0.39, 0.29) is 12.0 Å². The second-order valence-electron chi connectivity index (χ2n) is 8.26. The van der Waals surface area contributed by atoms with Gasteiger partial charge in [-0.15, -0.1) is 0 Å². The Balaban J connectivity index is 2.19. The number of aliphatic hydroxyl groups is 3. The van der Waals surface area contributed by atoms with E-state index in [2.05, 4.69) is 0 Å². The van der Waals surface area contributed by atoms with Gasteiger partial charge in [-0.2, -0.15) is 0 Å². The van der Waals surface area contributed by atoms with E-state index in [1.165, 1.54) is 0 Å². The monoisotopic (exact) mass is 320 g/mol. The molecule has 2 aliphatic rings. The summed E-state index contributed by atoms with van der Waals surface area (Å²) in [7, 11) is 0. The molecule has 5 atom stereocenters. The number of hydrogen-bond acceptors (Lipinski definition) is 7. The molecule has 0 spiro atoms. The van der Waals surface area contributed by atoms with Crippen LogP contribution in [0, 0.1) is 5.41 Å². The lowest BCUT2D eigenvalue weighted by atomic mass is 9.85. The van der Waals surface area contributed by atoms with E-state index >= 15 is 0 Å². The van der Waals surface area contributed by atoms with Crippen molar-refractivity contribution in [1.82, 2.24) is 0 Å². The predicted octanol–water partition coefficient (Wildman–Crippen LogP) is 0.705. The molecule has 0 radical (unpaired) electrons. The molecule has 22 heavy (non-hydrogen) atoms. The maximum absolute atomic E-state index is 10.5. The minimum Gasteiger partial charge on any atom is -0.373 e. The lowest BCUT2D eigenvalue weighted by Crippen LogP contribution is -2.62. The summed E-state index contributed by atoms with van der Waals surface area (Å²) in [6, 6.07) is 0. The van der Waals surface area contributed by atoms with Crippen LogP contribution in [0.3, 0.4) is 0 Å². The second-order valence-corrected chi connectivity index (χ2v) is 8.26. The zero-order valence-corrected chi connectivity index (χ0v) is 14.1. The average Bonchev–Trinajstić information content (AvgIpc) is 2.48. The molecule has 0 amide bonds. The van der Waals surface area contributed by atoms with Gasteiger partial charge in [0.05, 0.1) is 12.2 Å². The van der Waals surface area contributed by atoms with Crippen molar-refractivity contribution in [1.29, 1.82) is 0 Å². The molecule has 7 heteroatoms. The van der Waals surface area contributed by atoms with Crippen molar-refractivity contribution in [3.05, 3.63) is 0 Å². The Morgan fingerprint density at radius 3 is 2.14 bits per heavy atom. The zero-order chi connectivity index (χ0) is 17.0. The Morgan fingerprint density at radius 1 is 1.05 bits per heavy atom. The fourth-order valence-electron chi connectivity index (χ4n) is 2.52. The first kappa shape index (κ1) is 18.1. The molecule has 0 aromatic rings. The molecule has 0 aromatic carbocycles. The van der Waals surface area contributed by atoms with Crippen LogP contribution in [0.25, 0.3) is 0 Å². The van der Waals surface area contributed by atoms with Crippen molar-refractivity contribution in [2.75, 3.05) is 6.61 Å². The van der Waals surface area contributed by atoms with Crippen LogP contribution in [0.5, 0.6) is 0 Å². The van der Waals surface area contributed by atoms with E-state index in [1.54, 1.807) is 0 Å². The summed E-state index contributed by atoms with van der Waals surface area (Å²) < 4.78 is 21.7. The quantitative estimate of drug-likeness (QED) is 0.704. The molecule has 3 N–H and O–H groups in total. The molecular formula is C15H28O7. The minimum absolute atomic E-state index is 0.00342. The van der Waals surface area contributed by atoms with Gasteiger partial charge >= 0.3 is 5.97 Å². The van der Waals surface area contributed by atoms with Gasteiger partial charge in [0.2, 0.25) is 12.1 Å². The van der Waals surface area contributed by atoms with Gasteiger partial charge in [0, 0.05) is 0 Å². The zero-order valence-electron chi connectivity index (χ0n) is 14.1. The highest BCUT2D eigenvalue weighted by molar-refractivity contribution is 4.97. The molecule has 2 bridgehead atoms. The summed E-state index contributed by atoms with van der Waals surface area (Å²) in [5.41, 5.74) is -0.624. The van der Waals surface area contributed by atoms with Crippen molar-refractivity contribution < 1.29 is 34.3 Å². The largest absolute Gasteiger partial charge is 0.373 e. The molecule has 2 aliphatic heterocycles. The summed E-state index contributed by atoms with van der Waals surface area (Å²) in [5.74, 6) is -4.33. The number of aliphatic hydroxyl groups excluding tert-OH is 1. The highest BCUT2D eigenvalue weighted by atomic mass is 17.0. The Kier molecular flexibility index (Phi) is 4.41. The third-order valence-corrected chi connectivity index (χ3v) is 3.61. The fraction of sp³-hybridized carbons (Fsp3) is 1.00. The number of fused-ring (bicyclic) bond motifs is 2. The van der Waals surface area contributed by atoms with E-state index in [4.69, 9.17) is 18.9 Å². The topological polar surface area (TPSA) is 97.6 Å². The maximum atomic E-state index is 10.5. The van der Waals surface area contributed by atoms with Gasteiger partial charge in [-0.1, -0.05) is 20.8 Å². The van der Waals surface area contributed by atoms with Crippen LogP contribution in [0.15, 0.2) is 0 Å². The first-order valence-electron chi connectivity index (χ1n) is 7.55.